The molecule has 5 nitrogen and oxygen atoms in total. The lowest BCUT2D eigenvalue weighted by molar-refractivity contribution is 0.102. The van der Waals surface area contributed by atoms with Crippen molar-refractivity contribution >= 4 is 50.5 Å². The summed E-state index contributed by atoms with van der Waals surface area (Å²) in [5, 5.41) is 3.46. The van der Waals surface area contributed by atoms with Crippen LogP contribution in [0.2, 0.25) is 10.0 Å². The summed E-state index contributed by atoms with van der Waals surface area (Å²) >= 11 is 12.1. The first-order valence-electron chi connectivity index (χ1n) is 7.74. The molecular formula is C17H16Cl2N2O3S. The van der Waals surface area contributed by atoms with Crippen LogP contribution in [-0.2, 0) is 10.0 Å². The maximum absolute atomic E-state index is 12.5. The van der Waals surface area contributed by atoms with E-state index >= 15 is 0 Å². The van der Waals surface area contributed by atoms with E-state index in [1.165, 1.54) is 16.4 Å². The number of halogens is 2. The van der Waals surface area contributed by atoms with Gasteiger partial charge in [0.1, 0.15) is 0 Å². The molecule has 1 heterocycles. The van der Waals surface area contributed by atoms with Gasteiger partial charge in [-0.1, -0.05) is 29.3 Å². The predicted molar refractivity (Wildman–Crippen MR) is 101 cm³/mol. The molecule has 1 amide bonds. The van der Waals surface area contributed by atoms with Crippen molar-refractivity contribution < 1.29 is 13.2 Å². The minimum atomic E-state index is -3.36. The van der Waals surface area contributed by atoms with Gasteiger partial charge in [-0.15, -0.1) is 0 Å². The minimum absolute atomic E-state index is 0.111. The van der Waals surface area contributed by atoms with Crippen molar-refractivity contribution in [2.45, 2.75) is 12.8 Å². The van der Waals surface area contributed by atoms with Gasteiger partial charge in [-0.2, -0.15) is 0 Å². The zero-order valence-corrected chi connectivity index (χ0v) is 15.5. The van der Waals surface area contributed by atoms with Crippen molar-refractivity contribution in [1.29, 1.82) is 0 Å². The van der Waals surface area contributed by atoms with Crippen LogP contribution in [0.15, 0.2) is 42.5 Å². The van der Waals surface area contributed by atoms with Crippen molar-refractivity contribution in [3.63, 3.8) is 0 Å². The highest BCUT2D eigenvalue weighted by Gasteiger charge is 2.27. The number of nitrogens with zero attached hydrogens (tertiary/aromatic N) is 1. The number of hydrogen-bond donors (Lipinski definition) is 1. The summed E-state index contributed by atoms with van der Waals surface area (Å²) in [4.78, 5) is 12.5. The number of nitrogens with one attached hydrogen (secondary N) is 1. The summed E-state index contributed by atoms with van der Waals surface area (Å²) in [6.07, 6.45) is 1.43. The Bertz CT molecular complexity index is 916. The highest BCUT2D eigenvalue weighted by atomic mass is 35.5. The molecule has 0 aliphatic carbocycles. The second kappa shape index (κ2) is 7.23. The molecule has 1 fully saturated rings. The van der Waals surface area contributed by atoms with Crippen LogP contribution < -0.4 is 9.62 Å². The van der Waals surface area contributed by atoms with Gasteiger partial charge in [0.15, 0.2) is 0 Å². The van der Waals surface area contributed by atoms with Gasteiger partial charge in [0, 0.05) is 17.3 Å². The zero-order valence-electron chi connectivity index (χ0n) is 13.2. The highest BCUT2D eigenvalue weighted by Crippen LogP contribution is 2.28. The Labute approximate surface area is 156 Å². The Hall–Kier alpha value is -1.76. The molecule has 0 bridgehead atoms. The van der Waals surface area contributed by atoms with Crippen LogP contribution in [0.4, 0.5) is 11.4 Å². The molecule has 1 aliphatic heterocycles. The van der Waals surface area contributed by atoms with E-state index in [-0.39, 0.29) is 16.3 Å². The Balaban J connectivity index is 1.90. The molecule has 0 spiro atoms. The summed E-state index contributed by atoms with van der Waals surface area (Å²) in [6.45, 7) is 0.402. The standard InChI is InChI=1S/C17H16Cl2N2O3S/c18-12-4-3-5-13(10-12)20-17(22)15-11-14(6-7-16(15)19)21-8-1-2-9-25(21,23)24/h3-7,10-11H,1-2,8-9H2,(H,20,22). The van der Waals surface area contributed by atoms with Crippen molar-refractivity contribution in [3.8, 4) is 0 Å². The summed E-state index contributed by atoms with van der Waals surface area (Å²) in [5.74, 6) is -0.317. The average Bonchev–Trinajstić information content (AvgIpc) is 2.55. The minimum Gasteiger partial charge on any atom is -0.322 e. The average molecular weight is 399 g/mol. The van der Waals surface area contributed by atoms with Crippen molar-refractivity contribution in [2.75, 3.05) is 21.9 Å². The number of benzene rings is 2. The summed E-state index contributed by atoms with van der Waals surface area (Å²) < 4.78 is 25.8. The third-order valence-corrected chi connectivity index (χ3v) is 6.35. The molecule has 1 saturated heterocycles. The third-order valence-electron chi connectivity index (χ3n) is 3.91. The Kier molecular flexibility index (Phi) is 5.22. The summed E-state index contributed by atoms with van der Waals surface area (Å²) in [5.41, 5.74) is 1.19. The Morgan fingerprint density at radius 3 is 2.60 bits per heavy atom. The van der Waals surface area contributed by atoms with Crippen LogP contribution in [0.1, 0.15) is 23.2 Å². The molecule has 132 valence electrons. The van der Waals surface area contributed by atoms with Gasteiger partial charge < -0.3 is 5.32 Å². The smallest absolute Gasteiger partial charge is 0.257 e. The summed E-state index contributed by atoms with van der Waals surface area (Å²) in [6, 6.07) is 11.4. The van der Waals surface area contributed by atoms with E-state index in [0.29, 0.717) is 29.4 Å². The van der Waals surface area contributed by atoms with Gasteiger partial charge in [-0.05, 0) is 49.2 Å². The van der Waals surface area contributed by atoms with Crippen LogP contribution in [0.25, 0.3) is 0 Å². The first-order chi connectivity index (χ1) is 11.9. The normalized spacial score (nSPS) is 16.5. The molecule has 2 aromatic rings. The highest BCUT2D eigenvalue weighted by molar-refractivity contribution is 7.92. The predicted octanol–water partition coefficient (Wildman–Crippen LogP) is 4.18. The fourth-order valence-electron chi connectivity index (χ4n) is 2.69. The number of hydrogen-bond acceptors (Lipinski definition) is 3. The van der Waals surface area contributed by atoms with Crippen LogP contribution in [0, 0.1) is 0 Å². The largest absolute Gasteiger partial charge is 0.322 e. The fourth-order valence-corrected chi connectivity index (χ4v) is 4.71. The van der Waals surface area contributed by atoms with Gasteiger partial charge in [-0.3, -0.25) is 9.10 Å². The van der Waals surface area contributed by atoms with Crippen LogP contribution in [0.5, 0.6) is 0 Å². The van der Waals surface area contributed by atoms with Gasteiger partial charge in [0.25, 0.3) is 5.91 Å². The van der Waals surface area contributed by atoms with E-state index in [9.17, 15) is 13.2 Å². The lowest BCUT2D eigenvalue weighted by Gasteiger charge is -2.28. The van der Waals surface area contributed by atoms with Crippen molar-refractivity contribution in [2.24, 2.45) is 0 Å². The molecule has 3 rings (SSSR count). The van der Waals surface area contributed by atoms with E-state index in [4.69, 9.17) is 23.2 Å². The molecule has 2 aromatic carbocycles. The first kappa shape index (κ1) is 18.0. The van der Waals surface area contributed by atoms with Gasteiger partial charge in [0.2, 0.25) is 10.0 Å². The number of amides is 1. The van der Waals surface area contributed by atoms with E-state index in [0.717, 1.165) is 6.42 Å². The molecule has 25 heavy (non-hydrogen) atoms. The molecule has 0 atom stereocenters. The quantitative estimate of drug-likeness (QED) is 0.842. The fraction of sp³-hybridized carbons (Fsp3) is 0.235. The van der Waals surface area contributed by atoms with E-state index in [2.05, 4.69) is 5.32 Å². The molecular weight excluding hydrogens is 383 g/mol. The third kappa shape index (κ3) is 4.08. The molecule has 0 radical (unpaired) electrons. The van der Waals surface area contributed by atoms with E-state index < -0.39 is 15.9 Å². The van der Waals surface area contributed by atoms with Crippen LogP contribution in [0.3, 0.4) is 0 Å². The Morgan fingerprint density at radius 1 is 1.08 bits per heavy atom. The lowest BCUT2D eigenvalue weighted by Crippen LogP contribution is -2.38. The number of carbonyl (C=O) groups is 1. The van der Waals surface area contributed by atoms with E-state index in [1.54, 1.807) is 30.3 Å². The number of sulfonamides is 1. The lowest BCUT2D eigenvalue weighted by atomic mass is 10.1. The SMILES string of the molecule is O=C(Nc1cccc(Cl)c1)c1cc(N2CCCCS2(=O)=O)ccc1Cl. The van der Waals surface area contributed by atoms with Crippen LogP contribution in [-0.4, -0.2) is 26.6 Å². The number of anilines is 2. The molecule has 0 saturated carbocycles. The molecule has 1 aliphatic rings. The molecule has 1 N–H and O–H groups in total. The number of rotatable bonds is 3. The molecule has 0 aromatic heterocycles. The molecule has 0 unspecified atom stereocenters. The van der Waals surface area contributed by atoms with Gasteiger partial charge >= 0.3 is 0 Å². The van der Waals surface area contributed by atoms with Crippen molar-refractivity contribution in [3.05, 3.63) is 58.1 Å². The van der Waals surface area contributed by atoms with Gasteiger partial charge in [-0.25, -0.2) is 8.42 Å². The molecule has 8 heteroatoms. The first-order valence-corrected chi connectivity index (χ1v) is 10.1. The number of carbonyl (C=O) groups excluding carboxylic acids is 1. The maximum atomic E-state index is 12.5. The second-order valence-corrected chi connectivity index (χ2v) is 8.58. The van der Waals surface area contributed by atoms with Gasteiger partial charge in [0.05, 0.1) is 22.0 Å². The summed E-state index contributed by atoms with van der Waals surface area (Å²) in [7, 11) is -3.36. The van der Waals surface area contributed by atoms with Crippen LogP contribution >= 0.6 is 23.2 Å². The topological polar surface area (TPSA) is 66.5 Å². The maximum Gasteiger partial charge on any atom is 0.257 e. The Morgan fingerprint density at radius 2 is 1.88 bits per heavy atom. The zero-order chi connectivity index (χ0) is 18.0. The van der Waals surface area contributed by atoms with Crippen molar-refractivity contribution in [1.82, 2.24) is 0 Å². The second-order valence-electron chi connectivity index (χ2n) is 5.72. The van der Waals surface area contributed by atoms with E-state index in [1.807, 2.05) is 0 Å². The monoisotopic (exact) mass is 398 g/mol.